The maximum absolute atomic E-state index is 2.25. The van der Waals surface area contributed by atoms with Gasteiger partial charge in [0.15, 0.2) is 0 Å². The molecule has 0 saturated heterocycles. The molecule has 0 aliphatic carbocycles. The molecule has 0 amide bonds. The van der Waals surface area contributed by atoms with Crippen LogP contribution in [0.15, 0.2) is 48.5 Å². The summed E-state index contributed by atoms with van der Waals surface area (Å²) in [5, 5.41) is 0. The molecule has 2 aromatic carbocycles. The highest BCUT2D eigenvalue weighted by atomic mass is 14.1. The summed E-state index contributed by atoms with van der Waals surface area (Å²) in [4.78, 5) is 0. The quantitative estimate of drug-likeness (QED) is 0.560. The lowest BCUT2D eigenvalue weighted by Crippen LogP contribution is -1.91. The van der Waals surface area contributed by atoms with Gasteiger partial charge in [0.2, 0.25) is 0 Å². The summed E-state index contributed by atoms with van der Waals surface area (Å²) in [6.07, 6.45) is 0. The van der Waals surface area contributed by atoms with Gasteiger partial charge in [-0.05, 0) is 29.5 Å². The number of benzene rings is 2. The molecular formula is C20H30. The second kappa shape index (κ2) is 10.3. The highest BCUT2D eigenvalue weighted by Gasteiger charge is 2.07. The van der Waals surface area contributed by atoms with E-state index in [1.807, 2.05) is 27.7 Å². The predicted octanol–water partition coefficient (Wildman–Crippen LogP) is 6.84. The Hall–Kier alpha value is -1.56. The molecule has 0 aromatic heterocycles. The molecule has 2 rings (SSSR count). The molecule has 110 valence electrons. The summed E-state index contributed by atoms with van der Waals surface area (Å²) in [6, 6.07) is 17.4. The van der Waals surface area contributed by atoms with E-state index in [0.29, 0.717) is 5.92 Å². The van der Waals surface area contributed by atoms with Crippen molar-refractivity contribution in [2.24, 2.45) is 0 Å². The number of rotatable bonds is 2. The van der Waals surface area contributed by atoms with Gasteiger partial charge in [0.1, 0.15) is 0 Å². The van der Waals surface area contributed by atoms with Gasteiger partial charge in [0.25, 0.3) is 0 Å². The van der Waals surface area contributed by atoms with Crippen molar-refractivity contribution in [2.45, 2.75) is 54.4 Å². The van der Waals surface area contributed by atoms with E-state index < -0.39 is 0 Å². The third kappa shape index (κ3) is 5.21. The van der Waals surface area contributed by atoms with Crippen molar-refractivity contribution in [3.63, 3.8) is 0 Å². The Morgan fingerprint density at radius 1 is 0.750 bits per heavy atom. The Morgan fingerprint density at radius 2 is 1.35 bits per heavy atom. The van der Waals surface area contributed by atoms with Crippen LogP contribution in [-0.2, 0) is 0 Å². The van der Waals surface area contributed by atoms with Crippen molar-refractivity contribution >= 4 is 0 Å². The van der Waals surface area contributed by atoms with Crippen molar-refractivity contribution in [2.75, 3.05) is 0 Å². The molecule has 0 aliphatic heterocycles. The molecule has 0 unspecified atom stereocenters. The fourth-order valence-corrected chi connectivity index (χ4v) is 2.08. The molecule has 0 bridgehead atoms. The Morgan fingerprint density at radius 3 is 1.90 bits per heavy atom. The normalized spacial score (nSPS) is 9.20. The van der Waals surface area contributed by atoms with Gasteiger partial charge in [0, 0.05) is 0 Å². The van der Waals surface area contributed by atoms with Crippen LogP contribution in [0.2, 0.25) is 0 Å². The van der Waals surface area contributed by atoms with Crippen molar-refractivity contribution in [3.05, 3.63) is 59.7 Å². The molecule has 0 aliphatic rings. The summed E-state index contributed by atoms with van der Waals surface area (Å²) in [7, 11) is 0. The average molecular weight is 270 g/mol. The summed E-state index contributed by atoms with van der Waals surface area (Å²) in [5.41, 5.74) is 5.43. The molecule has 0 radical (unpaired) electrons. The first-order valence-corrected chi connectivity index (χ1v) is 7.84. The molecular weight excluding hydrogens is 240 g/mol. The first kappa shape index (κ1) is 18.4. The van der Waals surface area contributed by atoms with E-state index in [2.05, 4.69) is 69.3 Å². The van der Waals surface area contributed by atoms with E-state index in [9.17, 15) is 0 Å². The predicted molar refractivity (Wildman–Crippen MR) is 93.4 cm³/mol. The summed E-state index contributed by atoms with van der Waals surface area (Å²) in [6.45, 7) is 14.6. The van der Waals surface area contributed by atoms with Crippen LogP contribution in [0, 0.1) is 6.92 Å². The molecule has 0 nitrogen and oxygen atoms in total. The molecule has 2 aromatic rings. The van der Waals surface area contributed by atoms with Gasteiger partial charge in [-0.25, -0.2) is 0 Å². The standard InChI is InChI=1S/C16H18.2C2H6/c1-12(2)15-9-4-5-10-16(15)14-8-6-7-13(3)11-14;2*1-2/h4-12H,1-3H3;2*1-2H3. The first-order chi connectivity index (χ1) is 9.68. The van der Waals surface area contributed by atoms with Crippen LogP contribution < -0.4 is 0 Å². The second-order valence-electron chi connectivity index (χ2n) is 4.61. The molecule has 0 spiro atoms. The SMILES string of the molecule is CC.CC.Cc1cccc(-c2ccccc2C(C)C)c1. The maximum Gasteiger partial charge on any atom is -0.0149 e. The lowest BCUT2D eigenvalue weighted by Gasteiger charge is -2.13. The minimum absolute atomic E-state index is 0.566. The van der Waals surface area contributed by atoms with Gasteiger partial charge in [0.05, 0.1) is 0 Å². The van der Waals surface area contributed by atoms with Crippen LogP contribution >= 0.6 is 0 Å². The largest absolute Gasteiger partial charge is 0.0683 e. The number of hydrogen-bond donors (Lipinski definition) is 0. The van der Waals surface area contributed by atoms with Crippen LogP contribution in [0.5, 0.6) is 0 Å². The van der Waals surface area contributed by atoms with Gasteiger partial charge in [-0.3, -0.25) is 0 Å². The van der Waals surface area contributed by atoms with Gasteiger partial charge < -0.3 is 0 Å². The fourth-order valence-electron chi connectivity index (χ4n) is 2.08. The van der Waals surface area contributed by atoms with E-state index in [0.717, 1.165) is 0 Å². The van der Waals surface area contributed by atoms with Crippen LogP contribution in [0.25, 0.3) is 11.1 Å². The van der Waals surface area contributed by atoms with E-state index in [-0.39, 0.29) is 0 Å². The van der Waals surface area contributed by atoms with E-state index in [1.54, 1.807) is 0 Å². The molecule has 20 heavy (non-hydrogen) atoms. The van der Waals surface area contributed by atoms with Gasteiger partial charge >= 0.3 is 0 Å². The summed E-state index contributed by atoms with van der Waals surface area (Å²) >= 11 is 0. The minimum atomic E-state index is 0.566. The average Bonchev–Trinajstić information content (AvgIpc) is 2.51. The van der Waals surface area contributed by atoms with Crippen molar-refractivity contribution in [3.8, 4) is 11.1 Å². The Bertz CT molecular complexity index is 481. The molecule has 0 atom stereocenters. The Labute approximate surface area is 125 Å². The Kier molecular flexibility index (Phi) is 9.45. The van der Waals surface area contributed by atoms with E-state index >= 15 is 0 Å². The molecule has 0 fully saturated rings. The number of aryl methyl sites for hydroxylation is 1. The third-order valence-corrected chi connectivity index (χ3v) is 2.91. The van der Waals surface area contributed by atoms with Gasteiger partial charge in [-0.2, -0.15) is 0 Å². The van der Waals surface area contributed by atoms with E-state index in [4.69, 9.17) is 0 Å². The van der Waals surface area contributed by atoms with Gasteiger partial charge in [-0.15, -0.1) is 0 Å². The first-order valence-electron chi connectivity index (χ1n) is 7.84. The summed E-state index contributed by atoms with van der Waals surface area (Å²) < 4.78 is 0. The number of hydrogen-bond acceptors (Lipinski definition) is 0. The van der Waals surface area contributed by atoms with E-state index in [1.165, 1.54) is 22.3 Å². The highest BCUT2D eigenvalue weighted by Crippen LogP contribution is 2.29. The van der Waals surface area contributed by atoms with Crippen molar-refractivity contribution in [1.82, 2.24) is 0 Å². The maximum atomic E-state index is 2.25. The van der Waals surface area contributed by atoms with Crippen molar-refractivity contribution < 1.29 is 0 Å². The highest BCUT2D eigenvalue weighted by molar-refractivity contribution is 5.68. The monoisotopic (exact) mass is 270 g/mol. The lowest BCUT2D eigenvalue weighted by molar-refractivity contribution is 0.869. The second-order valence-corrected chi connectivity index (χ2v) is 4.61. The van der Waals surface area contributed by atoms with Crippen LogP contribution in [0.1, 0.15) is 58.6 Å². The van der Waals surface area contributed by atoms with Crippen molar-refractivity contribution in [1.29, 1.82) is 0 Å². The fraction of sp³-hybridized carbons (Fsp3) is 0.400. The smallest absolute Gasteiger partial charge is 0.0149 e. The topological polar surface area (TPSA) is 0 Å². The third-order valence-electron chi connectivity index (χ3n) is 2.91. The zero-order valence-electron chi connectivity index (χ0n) is 14.2. The zero-order chi connectivity index (χ0) is 15.5. The molecule has 0 heteroatoms. The molecule has 0 N–H and O–H groups in total. The molecule has 0 saturated carbocycles. The molecule has 0 heterocycles. The minimum Gasteiger partial charge on any atom is -0.0683 e. The van der Waals surface area contributed by atoms with Crippen LogP contribution in [0.4, 0.5) is 0 Å². The van der Waals surface area contributed by atoms with Gasteiger partial charge in [-0.1, -0.05) is 95.6 Å². The van der Waals surface area contributed by atoms with Crippen LogP contribution in [0.3, 0.4) is 0 Å². The Balaban J connectivity index is 0.000000829. The lowest BCUT2D eigenvalue weighted by atomic mass is 9.92. The summed E-state index contributed by atoms with van der Waals surface area (Å²) in [5.74, 6) is 0.566. The van der Waals surface area contributed by atoms with Crippen LogP contribution in [-0.4, -0.2) is 0 Å². The zero-order valence-corrected chi connectivity index (χ0v) is 14.2.